The van der Waals surface area contributed by atoms with Gasteiger partial charge in [0, 0.05) is 37.4 Å². The average molecular weight is 335 g/mol. The van der Waals surface area contributed by atoms with Crippen molar-refractivity contribution in [3.05, 3.63) is 54.4 Å². The van der Waals surface area contributed by atoms with E-state index in [9.17, 15) is 4.79 Å². The summed E-state index contributed by atoms with van der Waals surface area (Å²) in [6.45, 7) is 5.73. The molecule has 4 rings (SSSR count). The molecule has 4 heterocycles. The third-order valence-corrected chi connectivity index (χ3v) is 4.76. The maximum Gasteiger partial charge on any atom is 0.272 e. The van der Waals surface area contributed by atoms with E-state index < -0.39 is 0 Å². The van der Waals surface area contributed by atoms with Gasteiger partial charge in [0.15, 0.2) is 0 Å². The quantitative estimate of drug-likeness (QED) is 0.738. The lowest BCUT2D eigenvalue weighted by atomic mass is 10.1. The molecule has 1 fully saturated rings. The van der Waals surface area contributed by atoms with Crippen LogP contribution in [0.15, 0.2) is 42.9 Å². The van der Waals surface area contributed by atoms with Crippen LogP contribution < -0.4 is 0 Å². The van der Waals surface area contributed by atoms with E-state index in [2.05, 4.69) is 28.4 Å². The number of carbonyl (C=O) groups excluding carboxylic acids is 1. The van der Waals surface area contributed by atoms with Crippen LogP contribution in [0.2, 0.25) is 0 Å². The number of imidazole rings is 1. The summed E-state index contributed by atoms with van der Waals surface area (Å²) in [5.41, 5.74) is 2.53. The molecule has 0 radical (unpaired) electrons. The molecule has 0 bridgehead atoms. The maximum atomic E-state index is 12.6. The van der Waals surface area contributed by atoms with E-state index in [1.807, 2.05) is 29.3 Å². The molecule has 128 valence electrons. The van der Waals surface area contributed by atoms with Crippen molar-refractivity contribution >= 4 is 16.9 Å². The highest BCUT2D eigenvalue weighted by molar-refractivity contribution is 5.92. The van der Waals surface area contributed by atoms with Gasteiger partial charge in [0.1, 0.15) is 11.5 Å². The first-order chi connectivity index (χ1) is 12.1. The first kappa shape index (κ1) is 15.7. The lowest BCUT2D eigenvalue weighted by Crippen LogP contribution is -2.29. The van der Waals surface area contributed by atoms with Gasteiger partial charge in [-0.2, -0.15) is 0 Å². The second-order valence-electron chi connectivity index (χ2n) is 6.75. The van der Waals surface area contributed by atoms with E-state index in [1.54, 1.807) is 18.5 Å². The van der Waals surface area contributed by atoms with E-state index in [1.165, 1.54) is 0 Å². The summed E-state index contributed by atoms with van der Waals surface area (Å²) >= 11 is 0. The summed E-state index contributed by atoms with van der Waals surface area (Å²) in [6, 6.07) is 7.68. The summed E-state index contributed by atoms with van der Waals surface area (Å²) in [5.74, 6) is 1.29. The van der Waals surface area contributed by atoms with Crippen LogP contribution in [0.25, 0.3) is 11.0 Å². The zero-order valence-electron chi connectivity index (χ0n) is 14.5. The van der Waals surface area contributed by atoms with Crippen LogP contribution in [0, 0.1) is 0 Å². The normalized spacial score (nSPS) is 17.6. The SMILES string of the molecule is CC(C)n1c([C@@H]2CCN(C(=O)c3ccccn3)C2)nc2ccncc21. The Labute approximate surface area is 146 Å². The van der Waals surface area contributed by atoms with Gasteiger partial charge in [-0.05, 0) is 38.5 Å². The van der Waals surface area contributed by atoms with Crippen LogP contribution in [0.1, 0.15) is 48.5 Å². The topological polar surface area (TPSA) is 63.9 Å². The Morgan fingerprint density at radius 2 is 2.12 bits per heavy atom. The first-order valence-corrected chi connectivity index (χ1v) is 8.67. The fourth-order valence-corrected chi connectivity index (χ4v) is 3.60. The minimum Gasteiger partial charge on any atom is -0.337 e. The molecule has 25 heavy (non-hydrogen) atoms. The first-order valence-electron chi connectivity index (χ1n) is 8.67. The van der Waals surface area contributed by atoms with Gasteiger partial charge in [-0.1, -0.05) is 6.07 Å². The second-order valence-corrected chi connectivity index (χ2v) is 6.75. The lowest BCUT2D eigenvalue weighted by molar-refractivity contribution is 0.0784. The number of carbonyl (C=O) groups is 1. The molecule has 0 spiro atoms. The van der Waals surface area contributed by atoms with Gasteiger partial charge in [-0.3, -0.25) is 14.8 Å². The Morgan fingerprint density at radius 3 is 2.88 bits per heavy atom. The molecule has 0 unspecified atom stereocenters. The number of rotatable bonds is 3. The highest BCUT2D eigenvalue weighted by Gasteiger charge is 2.32. The number of nitrogens with zero attached hydrogens (tertiary/aromatic N) is 5. The van der Waals surface area contributed by atoms with Crippen LogP contribution >= 0.6 is 0 Å². The highest BCUT2D eigenvalue weighted by atomic mass is 16.2. The van der Waals surface area contributed by atoms with Crippen molar-refractivity contribution in [2.75, 3.05) is 13.1 Å². The second kappa shape index (κ2) is 6.27. The summed E-state index contributed by atoms with van der Waals surface area (Å²) in [6.07, 6.45) is 6.22. The van der Waals surface area contributed by atoms with Crippen molar-refractivity contribution in [2.45, 2.75) is 32.2 Å². The Balaban J connectivity index is 1.63. The third kappa shape index (κ3) is 2.77. The van der Waals surface area contributed by atoms with E-state index in [-0.39, 0.29) is 11.8 Å². The Hall–Kier alpha value is -2.76. The van der Waals surface area contributed by atoms with Crippen molar-refractivity contribution in [1.29, 1.82) is 0 Å². The Bertz CT molecular complexity index is 903. The molecule has 6 heteroatoms. The predicted molar refractivity (Wildman–Crippen MR) is 95.4 cm³/mol. The number of hydrogen-bond donors (Lipinski definition) is 0. The van der Waals surface area contributed by atoms with Gasteiger partial charge < -0.3 is 9.47 Å². The van der Waals surface area contributed by atoms with Gasteiger partial charge in [-0.25, -0.2) is 4.98 Å². The Morgan fingerprint density at radius 1 is 1.24 bits per heavy atom. The molecule has 6 nitrogen and oxygen atoms in total. The minimum absolute atomic E-state index is 0.00280. The lowest BCUT2D eigenvalue weighted by Gasteiger charge is -2.18. The number of hydrogen-bond acceptors (Lipinski definition) is 4. The van der Waals surface area contributed by atoms with Crippen LogP contribution in [0.5, 0.6) is 0 Å². The van der Waals surface area contributed by atoms with Crippen molar-refractivity contribution in [2.24, 2.45) is 0 Å². The number of amides is 1. The maximum absolute atomic E-state index is 12.6. The third-order valence-electron chi connectivity index (χ3n) is 4.76. The summed E-state index contributed by atoms with van der Waals surface area (Å²) < 4.78 is 2.25. The van der Waals surface area contributed by atoms with Gasteiger partial charge in [-0.15, -0.1) is 0 Å². The summed E-state index contributed by atoms with van der Waals surface area (Å²) in [4.78, 5) is 27.8. The zero-order chi connectivity index (χ0) is 17.4. The Kier molecular flexibility index (Phi) is 3.95. The van der Waals surface area contributed by atoms with Gasteiger partial charge in [0.2, 0.25) is 0 Å². The van der Waals surface area contributed by atoms with Crippen molar-refractivity contribution in [3.63, 3.8) is 0 Å². The molecule has 0 N–H and O–H groups in total. The highest BCUT2D eigenvalue weighted by Crippen LogP contribution is 2.31. The minimum atomic E-state index is -0.00280. The number of likely N-dealkylation sites (tertiary alicyclic amines) is 1. The molecule has 1 atom stereocenters. The molecule has 1 aliphatic rings. The largest absolute Gasteiger partial charge is 0.337 e. The van der Waals surface area contributed by atoms with E-state index in [4.69, 9.17) is 4.98 Å². The van der Waals surface area contributed by atoms with E-state index >= 15 is 0 Å². The zero-order valence-corrected chi connectivity index (χ0v) is 14.5. The van der Waals surface area contributed by atoms with Gasteiger partial charge in [0.25, 0.3) is 5.91 Å². The molecule has 1 aliphatic heterocycles. The van der Waals surface area contributed by atoms with Gasteiger partial charge in [0.05, 0.1) is 17.2 Å². The molecule has 3 aromatic heterocycles. The molecular weight excluding hydrogens is 314 g/mol. The molecular formula is C19H21N5O. The fraction of sp³-hybridized carbons (Fsp3) is 0.368. The molecule has 0 aromatic carbocycles. The fourth-order valence-electron chi connectivity index (χ4n) is 3.60. The summed E-state index contributed by atoms with van der Waals surface area (Å²) in [5, 5.41) is 0. The van der Waals surface area contributed by atoms with Crippen molar-refractivity contribution in [3.8, 4) is 0 Å². The number of fused-ring (bicyclic) bond motifs is 1. The summed E-state index contributed by atoms with van der Waals surface area (Å²) in [7, 11) is 0. The van der Waals surface area contributed by atoms with Crippen LogP contribution in [-0.2, 0) is 0 Å². The molecule has 1 amide bonds. The van der Waals surface area contributed by atoms with E-state index in [0.717, 1.165) is 29.8 Å². The van der Waals surface area contributed by atoms with Gasteiger partial charge >= 0.3 is 0 Å². The average Bonchev–Trinajstić information content (AvgIpc) is 3.26. The molecule has 3 aromatic rings. The molecule has 0 saturated carbocycles. The smallest absolute Gasteiger partial charge is 0.272 e. The van der Waals surface area contributed by atoms with Crippen molar-refractivity contribution in [1.82, 2.24) is 24.4 Å². The van der Waals surface area contributed by atoms with Crippen LogP contribution in [0.4, 0.5) is 0 Å². The standard InChI is InChI=1S/C19H21N5O/c1-13(2)24-17-11-20-9-6-15(17)22-18(24)14-7-10-23(12-14)19(25)16-5-3-4-8-21-16/h3-6,8-9,11,13-14H,7,10,12H2,1-2H3/t14-/m1/s1. The number of pyridine rings is 2. The van der Waals surface area contributed by atoms with E-state index in [0.29, 0.717) is 18.3 Å². The predicted octanol–water partition coefficient (Wildman–Crippen LogP) is 3.04. The number of aromatic nitrogens is 4. The monoisotopic (exact) mass is 335 g/mol. The van der Waals surface area contributed by atoms with Crippen molar-refractivity contribution < 1.29 is 4.79 Å². The molecule has 0 aliphatic carbocycles. The van der Waals surface area contributed by atoms with Crippen LogP contribution in [-0.4, -0.2) is 43.4 Å². The molecule has 1 saturated heterocycles. The van der Waals surface area contributed by atoms with Crippen LogP contribution in [0.3, 0.4) is 0 Å².